The smallest absolute Gasteiger partial charge is 0.322 e. The van der Waals surface area contributed by atoms with Gasteiger partial charge in [-0.3, -0.25) is 24.0 Å². The number of hydrogen-bond acceptors (Lipinski definition) is 13. The van der Waals surface area contributed by atoms with Crippen molar-refractivity contribution >= 4 is 47.1 Å². The lowest BCUT2D eigenvalue weighted by atomic mass is 9.99. The number of thioether (sulfide) groups is 1. The number of hydrogen-bond donors (Lipinski definition) is 9. The average Bonchev–Trinajstić information content (AvgIpc) is 3.07. The monoisotopic (exact) mass is 707 g/mol. The van der Waals surface area contributed by atoms with Crippen LogP contribution in [0.2, 0.25) is 0 Å². The fourth-order valence-corrected chi connectivity index (χ4v) is 5.81. The number of aliphatic hydroxyl groups excluding tert-OH is 2. The lowest BCUT2D eigenvalue weighted by Gasteiger charge is -2.30. The third-order valence-corrected chi connectivity index (χ3v) is 8.61. The molecule has 268 valence electrons. The molecule has 0 radical (unpaired) electrons. The Bertz CT molecular complexity index is 1490. The molecule has 0 spiro atoms. The van der Waals surface area contributed by atoms with Crippen LogP contribution in [0.15, 0.2) is 36.4 Å². The molecule has 5 atom stereocenters. The fourth-order valence-electron chi connectivity index (χ4n) is 4.64. The number of aliphatic carboxylic acids is 2. The van der Waals surface area contributed by atoms with Gasteiger partial charge in [0.1, 0.15) is 48.4 Å². The maximum atomic E-state index is 12.9. The van der Waals surface area contributed by atoms with E-state index in [1.54, 1.807) is 32.4 Å². The van der Waals surface area contributed by atoms with Gasteiger partial charge in [-0.2, -0.15) is 0 Å². The minimum atomic E-state index is -1.36. The molecule has 0 aliphatic carbocycles. The molecule has 1 aliphatic heterocycles. The Labute approximate surface area is 285 Å². The van der Waals surface area contributed by atoms with Crippen molar-refractivity contribution < 1.29 is 58.6 Å². The van der Waals surface area contributed by atoms with Crippen molar-refractivity contribution in [3.05, 3.63) is 47.5 Å². The SMILES string of the molecule is COc1ccc(CNCC(O)COc2ccc3c(c2)C(O)C(SC[C@H](NC(=O)CC[C@H](N)C(=O)O)C(=O)NCC(=O)O)C(=O)N3)cc1OC. The predicted molar refractivity (Wildman–Crippen MR) is 176 cm³/mol. The minimum Gasteiger partial charge on any atom is -0.493 e. The number of nitrogens with two attached hydrogens (primary N) is 1. The first kappa shape index (κ1) is 38.8. The van der Waals surface area contributed by atoms with Crippen LogP contribution in [0.1, 0.15) is 30.1 Å². The standard InChI is InChI=1S/C31H41N5O12S/c1-46-23-7-3-16(9-24(23)47-2)11-33-12-17(37)14-48-18-4-6-21-19(10-18)27(41)28(30(43)36-21)49-15-22(29(42)34-13-26(39)40)35-25(38)8-5-20(32)31(44)45/h3-4,6-7,9-10,17,20,22,27-28,33,37,41H,5,8,11-15,32H2,1-2H3,(H,34,42)(H,35,38)(H,36,43)(H,39,40)(H,44,45)/t17?,20-,22-,27?,28?/m0/s1. The van der Waals surface area contributed by atoms with Crippen LogP contribution in [-0.4, -0.2) is 113 Å². The number of amides is 3. The maximum absolute atomic E-state index is 12.9. The van der Waals surface area contributed by atoms with Crippen LogP contribution in [0.25, 0.3) is 0 Å². The zero-order valence-electron chi connectivity index (χ0n) is 26.8. The van der Waals surface area contributed by atoms with Crippen molar-refractivity contribution in [1.82, 2.24) is 16.0 Å². The molecule has 3 unspecified atom stereocenters. The van der Waals surface area contributed by atoms with Gasteiger partial charge in [-0.25, -0.2) is 0 Å². The molecular weight excluding hydrogens is 666 g/mol. The molecule has 2 aromatic rings. The van der Waals surface area contributed by atoms with E-state index in [4.69, 9.17) is 30.2 Å². The molecule has 49 heavy (non-hydrogen) atoms. The number of anilines is 1. The Morgan fingerprint density at radius 2 is 1.80 bits per heavy atom. The van der Waals surface area contributed by atoms with Crippen LogP contribution >= 0.6 is 11.8 Å². The number of nitrogens with one attached hydrogen (secondary N) is 4. The van der Waals surface area contributed by atoms with Crippen LogP contribution in [-0.2, 0) is 30.5 Å². The zero-order valence-corrected chi connectivity index (χ0v) is 27.7. The third kappa shape index (κ3) is 11.8. The molecule has 1 aliphatic rings. The van der Waals surface area contributed by atoms with E-state index in [2.05, 4.69) is 21.3 Å². The molecule has 18 heteroatoms. The first-order valence-corrected chi connectivity index (χ1v) is 16.1. The lowest BCUT2D eigenvalue weighted by Crippen LogP contribution is -2.50. The summed E-state index contributed by atoms with van der Waals surface area (Å²) >= 11 is 0.847. The Balaban J connectivity index is 1.58. The molecule has 0 saturated heterocycles. The van der Waals surface area contributed by atoms with Gasteiger partial charge in [0.2, 0.25) is 17.7 Å². The van der Waals surface area contributed by atoms with E-state index in [1.807, 2.05) is 12.1 Å². The Hall–Kier alpha value is -4.62. The molecule has 1 heterocycles. The van der Waals surface area contributed by atoms with Gasteiger partial charge in [0.25, 0.3) is 0 Å². The van der Waals surface area contributed by atoms with Crippen LogP contribution in [0.4, 0.5) is 5.69 Å². The number of carbonyl (C=O) groups is 5. The van der Waals surface area contributed by atoms with Crippen molar-refractivity contribution in [1.29, 1.82) is 0 Å². The van der Waals surface area contributed by atoms with E-state index in [0.717, 1.165) is 17.3 Å². The number of carbonyl (C=O) groups excluding carboxylic acids is 3. The van der Waals surface area contributed by atoms with Crippen LogP contribution in [0.5, 0.6) is 17.2 Å². The maximum Gasteiger partial charge on any atom is 0.322 e. The summed E-state index contributed by atoms with van der Waals surface area (Å²) in [5, 5.41) is 48.7. The average molecular weight is 708 g/mol. The molecule has 0 bridgehead atoms. The van der Waals surface area contributed by atoms with Crippen molar-refractivity contribution in [3.63, 3.8) is 0 Å². The Morgan fingerprint density at radius 3 is 2.47 bits per heavy atom. The molecule has 17 nitrogen and oxygen atoms in total. The Morgan fingerprint density at radius 1 is 1.06 bits per heavy atom. The molecule has 3 rings (SSSR count). The first-order chi connectivity index (χ1) is 23.3. The van der Waals surface area contributed by atoms with Gasteiger partial charge in [-0.05, 0) is 42.3 Å². The number of ether oxygens (including phenoxy) is 3. The van der Waals surface area contributed by atoms with Crippen molar-refractivity contribution in [2.45, 2.75) is 48.9 Å². The molecule has 3 amide bonds. The fraction of sp³-hybridized carbons (Fsp3) is 0.452. The van der Waals surface area contributed by atoms with Crippen LogP contribution < -0.4 is 41.2 Å². The highest BCUT2D eigenvalue weighted by Gasteiger charge is 2.37. The van der Waals surface area contributed by atoms with Crippen LogP contribution in [0.3, 0.4) is 0 Å². The van der Waals surface area contributed by atoms with Gasteiger partial charge >= 0.3 is 11.9 Å². The van der Waals surface area contributed by atoms with E-state index >= 15 is 0 Å². The number of rotatable bonds is 20. The summed E-state index contributed by atoms with van der Waals surface area (Å²) in [7, 11) is 3.09. The number of carboxylic acids is 2. The molecule has 2 aromatic carbocycles. The summed E-state index contributed by atoms with van der Waals surface area (Å²) in [6, 6.07) is 7.47. The van der Waals surface area contributed by atoms with Gasteiger partial charge in [0.05, 0.1) is 14.2 Å². The van der Waals surface area contributed by atoms with Gasteiger partial charge in [0.15, 0.2) is 11.5 Å². The summed E-state index contributed by atoms with van der Waals surface area (Å²) < 4.78 is 16.3. The van der Waals surface area contributed by atoms with Gasteiger partial charge in [-0.15, -0.1) is 11.8 Å². The van der Waals surface area contributed by atoms with Crippen molar-refractivity contribution in [3.8, 4) is 17.2 Å². The molecular formula is C31H41N5O12S. The van der Waals surface area contributed by atoms with Gasteiger partial charge < -0.3 is 61.6 Å². The molecule has 10 N–H and O–H groups in total. The lowest BCUT2D eigenvalue weighted by molar-refractivity contribution is -0.139. The third-order valence-electron chi connectivity index (χ3n) is 7.25. The summed E-state index contributed by atoms with van der Waals surface area (Å²) in [4.78, 5) is 59.9. The summed E-state index contributed by atoms with van der Waals surface area (Å²) in [5.74, 6) is -3.52. The Kier molecular flexibility index (Phi) is 14.9. The highest BCUT2D eigenvalue weighted by Crippen LogP contribution is 2.38. The quantitative estimate of drug-likeness (QED) is 0.0815. The zero-order chi connectivity index (χ0) is 36.1. The number of fused-ring (bicyclic) bond motifs is 1. The van der Waals surface area contributed by atoms with Gasteiger partial charge in [-0.1, -0.05) is 6.07 Å². The summed E-state index contributed by atoms with van der Waals surface area (Å²) in [5.41, 5.74) is 6.99. The number of aliphatic hydroxyl groups is 2. The summed E-state index contributed by atoms with van der Waals surface area (Å²) in [6.45, 7) is -0.152. The largest absolute Gasteiger partial charge is 0.493 e. The highest BCUT2D eigenvalue weighted by molar-refractivity contribution is 8.00. The normalized spacial score (nSPS) is 17.0. The van der Waals surface area contributed by atoms with Crippen molar-refractivity contribution in [2.24, 2.45) is 5.73 Å². The number of methoxy groups -OCH3 is 2. The van der Waals surface area contributed by atoms with E-state index in [0.29, 0.717) is 35.0 Å². The second kappa shape index (κ2) is 18.8. The van der Waals surface area contributed by atoms with E-state index in [-0.39, 0.29) is 31.7 Å². The number of carboxylic acid groups (broad SMARTS) is 2. The highest BCUT2D eigenvalue weighted by atomic mass is 32.2. The minimum absolute atomic E-state index is 0.0808. The van der Waals surface area contributed by atoms with Crippen LogP contribution in [0, 0.1) is 0 Å². The van der Waals surface area contributed by atoms with Gasteiger partial charge in [0, 0.05) is 36.5 Å². The second-order valence-electron chi connectivity index (χ2n) is 10.9. The first-order valence-electron chi connectivity index (χ1n) is 15.1. The van der Waals surface area contributed by atoms with E-state index in [1.165, 1.54) is 6.07 Å². The summed E-state index contributed by atoms with van der Waals surface area (Å²) in [6.07, 6.45) is -2.79. The van der Waals surface area contributed by atoms with Crippen molar-refractivity contribution in [2.75, 3.05) is 45.0 Å². The predicted octanol–water partition coefficient (Wildman–Crippen LogP) is -0.802. The van der Waals surface area contributed by atoms with E-state index < -0.39 is 65.7 Å². The van der Waals surface area contributed by atoms with E-state index in [9.17, 15) is 34.2 Å². The number of benzene rings is 2. The molecule has 0 saturated carbocycles. The molecule has 0 fully saturated rings. The topological polar surface area (TPSA) is 268 Å². The second-order valence-corrected chi connectivity index (χ2v) is 12.1. The molecule has 0 aromatic heterocycles.